The molecule has 0 radical (unpaired) electrons. The Labute approximate surface area is 201 Å². The van der Waals surface area contributed by atoms with Crippen molar-refractivity contribution in [2.45, 2.75) is 50.7 Å². The van der Waals surface area contributed by atoms with E-state index in [-0.39, 0.29) is 47.3 Å². The standard InChI is InChI=1S/C23H27N5O7/c1-13(5-6-24)25-23(32)35-15-4-3-14(7-15)18-10-21(28-27-18)26-22(31)12-34-20-9-16(33-2)8-19(30)17(20)11-29/h8-11,13-15,30H,3-5,7,12H2,1-2H3,(H,25,32)(H2,26,27,28,31)/t13-,14-,15+/m0/s1. The molecule has 1 fully saturated rings. The molecule has 0 aliphatic heterocycles. The number of alkyl carbamates (subject to hydrolysis) is 1. The van der Waals surface area contributed by atoms with Gasteiger partial charge in [-0.25, -0.2) is 4.79 Å². The number of phenols is 1. The molecule has 2 amide bonds. The Balaban J connectivity index is 1.50. The number of phenolic OH excluding ortho intramolecular Hbond substituents is 1. The molecule has 1 aromatic heterocycles. The molecule has 3 atom stereocenters. The highest BCUT2D eigenvalue weighted by molar-refractivity contribution is 5.91. The molecule has 35 heavy (non-hydrogen) atoms. The van der Waals surface area contributed by atoms with Gasteiger partial charge in [0.25, 0.3) is 5.91 Å². The molecule has 0 unspecified atom stereocenters. The molecule has 0 bridgehead atoms. The van der Waals surface area contributed by atoms with E-state index in [1.807, 2.05) is 6.07 Å². The van der Waals surface area contributed by atoms with E-state index < -0.39 is 18.6 Å². The molecule has 4 N–H and O–H groups in total. The van der Waals surface area contributed by atoms with Crippen molar-refractivity contribution in [1.29, 1.82) is 5.26 Å². The van der Waals surface area contributed by atoms with Crippen LogP contribution in [0.25, 0.3) is 0 Å². The first-order chi connectivity index (χ1) is 16.8. The largest absolute Gasteiger partial charge is 0.507 e. The highest BCUT2D eigenvalue weighted by Crippen LogP contribution is 2.36. The van der Waals surface area contributed by atoms with E-state index in [1.165, 1.54) is 19.2 Å². The van der Waals surface area contributed by atoms with Crippen LogP contribution in [-0.2, 0) is 9.53 Å². The summed E-state index contributed by atoms with van der Waals surface area (Å²) in [6.45, 7) is 1.31. The van der Waals surface area contributed by atoms with Gasteiger partial charge in [0.1, 0.15) is 23.4 Å². The van der Waals surface area contributed by atoms with Crippen molar-refractivity contribution >= 4 is 24.1 Å². The number of rotatable bonds is 10. The minimum atomic E-state index is -0.543. The predicted octanol–water partition coefficient (Wildman–Crippen LogP) is 2.62. The number of anilines is 1. The third-order valence-corrected chi connectivity index (χ3v) is 5.53. The Hall–Kier alpha value is -4.27. The maximum Gasteiger partial charge on any atom is 0.407 e. The van der Waals surface area contributed by atoms with E-state index in [1.54, 1.807) is 13.0 Å². The van der Waals surface area contributed by atoms with Crippen molar-refractivity contribution in [3.05, 3.63) is 29.5 Å². The smallest absolute Gasteiger partial charge is 0.407 e. The van der Waals surface area contributed by atoms with Crippen molar-refractivity contribution in [2.24, 2.45) is 0 Å². The number of H-pyrrole nitrogens is 1. The summed E-state index contributed by atoms with van der Waals surface area (Å²) in [5.41, 5.74) is 0.707. The average molecular weight is 485 g/mol. The summed E-state index contributed by atoms with van der Waals surface area (Å²) in [5.74, 6) is -0.178. The van der Waals surface area contributed by atoms with Gasteiger partial charge in [0.05, 0.1) is 25.2 Å². The molecule has 2 aromatic rings. The lowest BCUT2D eigenvalue weighted by Crippen LogP contribution is -2.34. The van der Waals surface area contributed by atoms with E-state index in [9.17, 15) is 19.5 Å². The molecule has 1 saturated carbocycles. The summed E-state index contributed by atoms with van der Waals surface area (Å²) >= 11 is 0. The summed E-state index contributed by atoms with van der Waals surface area (Å²) < 4.78 is 15.9. The molecule has 0 saturated heterocycles. The molecule has 186 valence electrons. The summed E-state index contributed by atoms with van der Waals surface area (Å²) in [7, 11) is 1.39. The number of carbonyl (C=O) groups is 3. The quantitative estimate of drug-likeness (QED) is 0.368. The van der Waals surface area contributed by atoms with Crippen molar-refractivity contribution in [1.82, 2.24) is 15.5 Å². The van der Waals surface area contributed by atoms with Gasteiger partial charge in [-0.05, 0) is 26.2 Å². The molecule has 1 aliphatic rings. The van der Waals surface area contributed by atoms with Gasteiger partial charge < -0.3 is 30.0 Å². The maximum atomic E-state index is 12.3. The number of nitrogens with zero attached hydrogens (tertiary/aromatic N) is 2. The number of aldehydes is 1. The van der Waals surface area contributed by atoms with Gasteiger partial charge in [-0.1, -0.05) is 0 Å². The monoisotopic (exact) mass is 485 g/mol. The molecule has 12 nitrogen and oxygen atoms in total. The SMILES string of the molecule is COc1cc(O)c(C=O)c(OCC(=O)Nc2cc([C@H]3CC[C@@H](OC(=O)N[C@@H](C)CC#N)C3)[nH]n2)c1. The fraction of sp³-hybridized carbons (Fsp3) is 0.435. The number of aromatic amines is 1. The third-order valence-electron chi connectivity index (χ3n) is 5.53. The molecular formula is C23H27N5O7. The minimum Gasteiger partial charge on any atom is -0.507 e. The number of benzene rings is 1. The number of aromatic hydroxyl groups is 1. The van der Waals surface area contributed by atoms with E-state index in [2.05, 4.69) is 20.8 Å². The number of methoxy groups -OCH3 is 1. The first-order valence-electron chi connectivity index (χ1n) is 11.0. The van der Waals surface area contributed by atoms with Gasteiger partial charge in [0.2, 0.25) is 0 Å². The van der Waals surface area contributed by atoms with Gasteiger partial charge >= 0.3 is 6.09 Å². The number of hydrogen-bond acceptors (Lipinski definition) is 9. The third kappa shape index (κ3) is 6.86. The van der Waals surface area contributed by atoms with Gasteiger partial charge in [0.15, 0.2) is 18.7 Å². The lowest BCUT2D eigenvalue weighted by Gasteiger charge is -2.15. The van der Waals surface area contributed by atoms with Crippen LogP contribution >= 0.6 is 0 Å². The number of aromatic nitrogens is 2. The van der Waals surface area contributed by atoms with Crippen LogP contribution in [0.15, 0.2) is 18.2 Å². The summed E-state index contributed by atoms with van der Waals surface area (Å²) in [4.78, 5) is 35.5. The first-order valence-corrected chi connectivity index (χ1v) is 11.0. The number of nitriles is 1. The van der Waals surface area contributed by atoms with Gasteiger partial charge in [-0.3, -0.25) is 14.7 Å². The highest BCUT2D eigenvalue weighted by atomic mass is 16.6. The van der Waals surface area contributed by atoms with Crippen LogP contribution in [0.3, 0.4) is 0 Å². The molecule has 3 rings (SSSR count). The Bertz CT molecular complexity index is 1110. The minimum absolute atomic E-state index is 0.0118. The number of carbonyl (C=O) groups excluding carboxylic acids is 3. The predicted molar refractivity (Wildman–Crippen MR) is 122 cm³/mol. The van der Waals surface area contributed by atoms with Crippen molar-refractivity contribution < 1.29 is 33.7 Å². The average Bonchev–Trinajstić information content (AvgIpc) is 3.46. The Kier molecular flexibility index (Phi) is 8.50. The van der Waals surface area contributed by atoms with Gasteiger partial charge in [-0.15, -0.1) is 0 Å². The fourth-order valence-corrected chi connectivity index (χ4v) is 3.78. The van der Waals surface area contributed by atoms with Gasteiger partial charge in [0, 0.05) is 35.9 Å². The second kappa shape index (κ2) is 11.7. The highest BCUT2D eigenvalue weighted by Gasteiger charge is 2.30. The van der Waals surface area contributed by atoms with Crippen LogP contribution in [0.2, 0.25) is 0 Å². The zero-order valence-corrected chi connectivity index (χ0v) is 19.4. The van der Waals surface area contributed by atoms with Gasteiger partial charge in [-0.2, -0.15) is 10.4 Å². The Morgan fingerprint density at radius 2 is 2.17 bits per heavy atom. The van der Waals surface area contributed by atoms with Crippen LogP contribution in [0.5, 0.6) is 17.2 Å². The lowest BCUT2D eigenvalue weighted by molar-refractivity contribution is -0.118. The second-order valence-electron chi connectivity index (χ2n) is 8.17. The van der Waals surface area contributed by atoms with Crippen LogP contribution in [-0.4, -0.2) is 59.5 Å². The summed E-state index contributed by atoms with van der Waals surface area (Å²) in [5, 5.41) is 30.8. The molecule has 1 aliphatic carbocycles. The number of ether oxygens (including phenoxy) is 3. The van der Waals surface area contributed by atoms with Crippen molar-refractivity contribution in [3.63, 3.8) is 0 Å². The normalized spacial score (nSPS) is 17.6. The molecule has 12 heteroatoms. The Morgan fingerprint density at radius 3 is 2.89 bits per heavy atom. The van der Waals surface area contributed by atoms with Crippen LogP contribution < -0.4 is 20.1 Å². The molecule has 0 spiro atoms. The number of hydrogen-bond donors (Lipinski definition) is 4. The number of amides is 2. The zero-order valence-electron chi connectivity index (χ0n) is 19.4. The molecule has 1 heterocycles. The van der Waals surface area contributed by atoms with E-state index in [0.717, 1.165) is 12.1 Å². The van der Waals surface area contributed by atoms with Crippen molar-refractivity contribution in [2.75, 3.05) is 19.0 Å². The first kappa shape index (κ1) is 25.4. The van der Waals surface area contributed by atoms with E-state index >= 15 is 0 Å². The maximum absolute atomic E-state index is 12.3. The summed E-state index contributed by atoms with van der Waals surface area (Å²) in [6, 6.07) is 6.07. The van der Waals surface area contributed by atoms with Crippen LogP contribution in [0, 0.1) is 11.3 Å². The topological polar surface area (TPSA) is 176 Å². The second-order valence-corrected chi connectivity index (χ2v) is 8.17. The van der Waals surface area contributed by atoms with E-state index in [4.69, 9.17) is 19.5 Å². The zero-order chi connectivity index (χ0) is 25.4. The summed E-state index contributed by atoms with van der Waals surface area (Å²) in [6.07, 6.45) is 1.90. The van der Waals surface area contributed by atoms with Crippen LogP contribution in [0.1, 0.15) is 54.6 Å². The molecule has 1 aromatic carbocycles. The lowest BCUT2D eigenvalue weighted by atomic mass is 10.0. The fourth-order valence-electron chi connectivity index (χ4n) is 3.78. The van der Waals surface area contributed by atoms with Crippen molar-refractivity contribution in [3.8, 4) is 23.3 Å². The molecular weight excluding hydrogens is 458 g/mol. The Morgan fingerprint density at radius 1 is 1.37 bits per heavy atom. The van der Waals surface area contributed by atoms with E-state index in [0.29, 0.717) is 24.9 Å². The number of nitrogens with one attached hydrogen (secondary N) is 3. The van der Waals surface area contributed by atoms with Crippen LogP contribution in [0.4, 0.5) is 10.6 Å².